The normalized spacial score (nSPS) is 22.9. The molecule has 3 rings (SSSR count). The van der Waals surface area contributed by atoms with E-state index in [0.29, 0.717) is 23.5 Å². The second-order valence-electron chi connectivity index (χ2n) is 6.48. The molecule has 0 spiro atoms. The second-order valence-corrected chi connectivity index (χ2v) is 6.48. The van der Waals surface area contributed by atoms with E-state index in [2.05, 4.69) is 0 Å². The summed E-state index contributed by atoms with van der Waals surface area (Å²) in [6.45, 7) is 0. The molecule has 1 aliphatic heterocycles. The smallest absolute Gasteiger partial charge is 0.237 e. The van der Waals surface area contributed by atoms with E-state index < -0.39 is 17.9 Å². The Bertz CT molecular complexity index is 773. The Kier molecular flexibility index (Phi) is 4.97. The van der Waals surface area contributed by atoms with Crippen LogP contribution in [0.3, 0.4) is 0 Å². The van der Waals surface area contributed by atoms with Gasteiger partial charge in [-0.2, -0.15) is 0 Å². The third-order valence-corrected chi connectivity index (χ3v) is 5.00. The van der Waals surface area contributed by atoms with Gasteiger partial charge in [0.15, 0.2) is 11.5 Å². The van der Waals surface area contributed by atoms with E-state index >= 15 is 0 Å². The number of nitrogens with zero attached hydrogens (tertiary/aromatic N) is 1. The SMILES string of the molecule is COc1ccc(C(CC(N)=O)N2C(=O)[C@H]3C=CCC[C@H]3C2=O)cc1OC. The number of allylic oxidation sites excluding steroid dienone is 1. The highest BCUT2D eigenvalue weighted by Gasteiger charge is 2.49. The van der Waals surface area contributed by atoms with Crippen LogP contribution in [0.15, 0.2) is 30.4 Å². The van der Waals surface area contributed by atoms with Gasteiger partial charge >= 0.3 is 0 Å². The lowest BCUT2D eigenvalue weighted by atomic mass is 9.86. The number of primary amides is 1. The van der Waals surface area contributed by atoms with Gasteiger partial charge in [-0.25, -0.2) is 0 Å². The average Bonchev–Trinajstić information content (AvgIpc) is 2.90. The van der Waals surface area contributed by atoms with Gasteiger partial charge in [0.05, 0.1) is 38.5 Å². The van der Waals surface area contributed by atoms with Gasteiger partial charge in [-0.1, -0.05) is 18.2 Å². The largest absolute Gasteiger partial charge is 0.493 e. The van der Waals surface area contributed by atoms with Crippen LogP contribution in [0, 0.1) is 11.8 Å². The quantitative estimate of drug-likeness (QED) is 0.615. The molecule has 0 bridgehead atoms. The van der Waals surface area contributed by atoms with Crippen molar-refractivity contribution in [1.82, 2.24) is 4.90 Å². The summed E-state index contributed by atoms with van der Waals surface area (Å²) in [5, 5.41) is 0. The molecule has 2 N–H and O–H groups in total. The number of methoxy groups -OCH3 is 2. The van der Waals surface area contributed by atoms with E-state index in [9.17, 15) is 14.4 Å². The molecule has 1 aromatic rings. The molecule has 1 aliphatic carbocycles. The van der Waals surface area contributed by atoms with Crippen LogP contribution >= 0.6 is 0 Å². The zero-order valence-electron chi connectivity index (χ0n) is 14.8. The van der Waals surface area contributed by atoms with Gasteiger partial charge in [0, 0.05) is 0 Å². The van der Waals surface area contributed by atoms with E-state index in [0.717, 1.165) is 6.42 Å². The van der Waals surface area contributed by atoms with Gasteiger partial charge in [0.25, 0.3) is 0 Å². The van der Waals surface area contributed by atoms with Crippen LogP contribution in [0.4, 0.5) is 0 Å². The molecule has 1 saturated heterocycles. The average molecular weight is 358 g/mol. The molecule has 7 nitrogen and oxygen atoms in total. The van der Waals surface area contributed by atoms with Crippen molar-refractivity contribution < 1.29 is 23.9 Å². The summed E-state index contributed by atoms with van der Waals surface area (Å²) in [4.78, 5) is 38.6. The zero-order valence-corrected chi connectivity index (χ0v) is 14.8. The minimum atomic E-state index is -0.758. The molecule has 1 heterocycles. The minimum absolute atomic E-state index is 0.143. The highest BCUT2D eigenvalue weighted by molar-refractivity contribution is 6.06. The third-order valence-electron chi connectivity index (χ3n) is 5.00. The van der Waals surface area contributed by atoms with Gasteiger partial charge in [-0.3, -0.25) is 19.3 Å². The van der Waals surface area contributed by atoms with Gasteiger partial charge < -0.3 is 15.2 Å². The van der Waals surface area contributed by atoms with Crippen molar-refractivity contribution in [3.8, 4) is 11.5 Å². The number of hydrogen-bond acceptors (Lipinski definition) is 5. The predicted octanol–water partition coefficient (Wildman–Crippen LogP) is 1.57. The predicted molar refractivity (Wildman–Crippen MR) is 93.3 cm³/mol. The molecule has 138 valence electrons. The van der Waals surface area contributed by atoms with Gasteiger partial charge in [-0.05, 0) is 30.5 Å². The molecule has 0 saturated carbocycles. The number of nitrogens with two attached hydrogens (primary N) is 1. The molecule has 26 heavy (non-hydrogen) atoms. The summed E-state index contributed by atoms with van der Waals surface area (Å²) in [5.41, 5.74) is 6.01. The van der Waals surface area contributed by atoms with Gasteiger partial charge in [0.2, 0.25) is 17.7 Å². The molecule has 2 aliphatic rings. The molecular formula is C19H22N2O5. The number of fused-ring (bicyclic) bond motifs is 1. The van der Waals surface area contributed by atoms with E-state index in [1.165, 1.54) is 19.1 Å². The molecule has 1 fully saturated rings. The Morgan fingerprint density at radius 2 is 1.96 bits per heavy atom. The molecule has 3 amide bonds. The van der Waals surface area contributed by atoms with Gasteiger partial charge in [-0.15, -0.1) is 0 Å². The lowest BCUT2D eigenvalue weighted by molar-refractivity contribution is -0.143. The van der Waals surface area contributed by atoms with Crippen molar-refractivity contribution in [2.45, 2.75) is 25.3 Å². The third kappa shape index (κ3) is 3.05. The molecule has 1 unspecified atom stereocenters. The number of imide groups is 1. The summed E-state index contributed by atoms with van der Waals surface area (Å²) in [6.07, 6.45) is 4.98. The van der Waals surface area contributed by atoms with Crippen LogP contribution in [0.25, 0.3) is 0 Å². The number of likely N-dealkylation sites (tertiary alicyclic amines) is 1. The maximum Gasteiger partial charge on any atom is 0.237 e. The molecule has 1 aromatic carbocycles. The molecule has 7 heteroatoms. The number of rotatable bonds is 6. The second kappa shape index (κ2) is 7.19. The summed E-state index contributed by atoms with van der Waals surface area (Å²) < 4.78 is 10.5. The van der Waals surface area contributed by atoms with Crippen LogP contribution in [0.1, 0.15) is 30.9 Å². The topological polar surface area (TPSA) is 98.9 Å². The van der Waals surface area contributed by atoms with E-state index in [1.54, 1.807) is 24.3 Å². The fourth-order valence-electron chi connectivity index (χ4n) is 3.73. The van der Waals surface area contributed by atoms with E-state index in [-0.39, 0.29) is 24.2 Å². The fourth-order valence-corrected chi connectivity index (χ4v) is 3.73. The lowest BCUT2D eigenvalue weighted by Crippen LogP contribution is -2.37. The Labute approximate surface area is 151 Å². The Morgan fingerprint density at radius 1 is 1.23 bits per heavy atom. The van der Waals surface area contributed by atoms with Crippen molar-refractivity contribution in [2.24, 2.45) is 17.6 Å². The standard InChI is InChI=1S/C19H22N2O5/c1-25-15-8-7-11(9-16(15)26-2)14(10-17(20)22)21-18(23)12-5-3-4-6-13(12)19(21)24/h3,5,7-9,12-14H,4,6,10H2,1-2H3,(H2,20,22)/t12-,13+,14?/m0/s1. The summed E-state index contributed by atoms with van der Waals surface area (Å²) in [5.74, 6) is -0.950. The van der Waals surface area contributed by atoms with E-state index in [1.807, 2.05) is 6.08 Å². The van der Waals surface area contributed by atoms with Crippen molar-refractivity contribution in [3.05, 3.63) is 35.9 Å². The number of carbonyl (C=O) groups excluding carboxylic acids is 3. The maximum atomic E-state index is 12.9. The Morgan fingerprint density at radius 3 is 2.58 bits per heavy atom. The first-order valence-electron chi connectivity index (χ1n) is 8.51. The number of ether oxygens (including phenoxy) is 2. The molecule has 3 atom stereocenters. The van der Waals surface area contributed by atoms with Crippen molar-refractivity contribution in [1.29, 1.82) is 0 Å². The van der Waals surface area contributed by atoms with Crippen molar-refractivity contribution >= 4 is 17.7 Å². The van der Waals surface area contributed by atoms with E-state index in [4.69, 9.17) is 15.2 Å². The lowest BCUT2D eigenvalue weighted by Gasteiger charge is -2.27. The first-order chi connectivity index (χ1) is 12.5. The number of hydrogen-bond donors (Lipinski definition) is 1. The summed E-state index contributed by atoms with van der Waals surface area (Å²) >= 11 is 0. The number of carbonyl (C=O) groups is 3. The highest BCUT2D eigenvalue weighted by Crippen LogP contribution is 2.41. The minimum Gasteiger partial charge on any atom is -0.493 e. The first-order valence-corrected chi connectivity index (χ1v) is 8.51. The van der Waals surface area contributed by atoms with Crippen LogP contribution < -0.4 is 15.2 Å². The highest BCUT2D eigenvalue weighted by atomic mass is 16.5. The van der Waals surface area contributed by atoms with Crippen LogP contribution in [-0.4, -0.2) is 36.8 Å². The Hall–Kier alpha value is -2.83. The summed E-state index contributed by atoms with van der Waals surface area (Å²) in [6, 6.07) is 4.31. The van der Waals surface area contributed by atoms with Crippen LogP contribution in [0.2, 0.25) is 0 Å². The van der Waals surface area contributed by atoms with Crippen LogP contribution in [0.5, 0.6) is 11.5 Å². The van der Waals surface area contributed by atoms with Crippen molar-refractivity contribution in [3.63, 3.8) is 0 Å². The number of benzene rings is 1. The molecular weight excluding hydrogens is 336 g/mol. The molecule has 0 aromatic heterocycles. The first kappa shape index (κ1) is 18.0. The maximum absolute atomic E-state index is 12.9. The zero-order chi connectivity index (χ0) is 18.8. The van der Waals surface area contributed by atoms with Crippen molar-refractivity contribution in [2.75, 3.05) is 14.2 Å². The fraction of sp³-hybridized carbons (Fsp3) is 0.421. The number of amides is 3. The summed E-state index contributed by atoms with van der Waals surface area (Å²) in [7, 11) is 3.01. The van der Waals surface area contributed by atoms with Gasteiger partial charge in [0.1, 0.15) is 0 Å². The monoisotopic (exact) mass is 358 g/mol. The molecule has 0 radical (unpaired) electrons. The van der Waals surface area contributed by atoms with Crippen LogP contribution in [-0.2, 0) is 14.4 Å². The Balaban J connectivity index is 2.01.